The number of hydrogen-bond donors (Lipinski definition) is 1. The Morgan fingerprint density at radius 3 is 3.04 bits per heavy atom. The van der Waals surface area contributed by atoms with E-state index < -0.39 is 0 Å². The molecule has 1 aromatic rings. The molecule has 3 rings (SSSR count). The fourth-order valence-electron chi connectivity index (χ4n) is 4.18. The molecule has 0 amide bonds. The first-order chi connectivity index (χ1) is 12.4. The van der Waals surface area contributed by atoms with Crippen LogP contribution in [0, 0.1) is 11.3 Å². The predicted molar refractivity (Wildman–Crippen MR) is 106 cm³/mol. The topological polar surface area (TPSA) is 59.0 Å². The summed E-state index contributed by atoms with van der Waals surface area (Å²) >= 11 is 1.65. The van der Waals surface area contributed by atoms with Crippen molar-refractivity contribution < 1.29 is 9.47 Å². The molecule has 1 aromatic heterocycles. The quantitative estimate of drug-likeness (QED) is 0.607. The molecular weight excluding hydrogens is 348 g/mol. The van der Waals surface area contributed by atoms with E-state index in [1.54, 1.807) is 18.4 Å². The summed E-state index contributed by atoms with van der Waals surface area (Å²) < 4.78 is 11.3. The zero-order chi connectivity index (χ0) is 18.9. The summed E-state index contributed by atoms with van der Waals surface area (Å²) in [7, 11) is 3.79. The molecule has 1 saturated heterocycles. The van der Waals surface area contributed by atoms with Crippen molar-refractivity contribution in [3.63, 3.8) is 0 Å². The second-order valence-electron chi connectivity index (χ2n) is 7.90. The van der Waals surface area contributed by atoms with Gasteiger partial charge in [-0.2, -0.15) is 0 Å². The van der Waals surface area contributed by atoms with Gasteiger partial charge in [-0.25, -0.2) is 4.98 Å². The third kappa shape index (κ3) is 3.62. The van der Waals surface area contributed by atoms with Crippen LogP contribution in [0.15, 0.2) is 10.4 Å². The summed E-state index contributed by atoms with van der Waals surface area (Å²) in [5.41, 5.74) is 1.19. The number of ether oxygens (including phenoxy) is 2. The summed E-state index contributed by atoms with van der Waals surface area (Å²) in [6.45, 7) is 11.1. The van der Waals surface area contributed by atoms with E-state index in [9.17, 15) is 0 Å². The number of thiazole rings is 1. The molecule has 1 aliphatic carbocycles. The number of methoxy groups -OCH3 is 1. The molecule has 1 saturated carbocycles. The zero-order valence-corrected chi connectivity index (χ0v) is 17.6. The van der Waals surface area contributed by atoms with E-state index in [4.69, 9.17) is 19.5 Å². The number of nitrogens with zero attached hydrogens (tertiary/aromatic N) is 3. The maximum absolute atomic E-state index is 5.92. The van der Waals surface area contributed by atoms with Crippen molar-refractivity contribution in [1.82, 2.24) is 15.2 Å². The number of rotatable bonds is 6. The van der Waals surface area contributed by atoms with Gasteiger partial charge < -0.3 is 19.7 Å². The summed E-state index contributed by atoms with van der Waals surface area (Å²) in [5.74, 6) is 1.54. The molecule has 0 radical (unpaired) electrons. The minimum absolute atomic E-state index is 0.0380. The molecule has 1 aliphatic heterocycles. The average Bonchev–Trinajstić information content (AvgIpc) is 3.25. The van der Waals surface area contributed by atoms with Crippen LogP contribution in [0.3, 0.4) is 0 Å². The van der Waals surface area contributed by atoms with E-state index in [1.165, 1.54) is 0 Å². The molecule has 146 valence electrons. The smallest absolute Gasteiger partial charge is 0.194 e. The van der Waals surface area contributed by atoms with E-state index in [0.717, 1.165) is 42.8 Å². The van der Waals surface area contributed by atoms with Crippen LogP contribution in [0.5, 0.6) is 0 Å². The van der Waals surface area contributed by atoms with E-state index >= 15 is 0 Å². The van der Waals surface area contributed by atoms with Crippen LogP contribution in [-0.2, 0) is 16.0 Å². The monoisotopic (exact) mass is 380 g/mol. The first-order valence-electron chi connectivity index (χ1n) is 9.49. The molecule has 7 heteroatoms. The molecule has 4 atom stereocenters. The first kappa shape index (κ1) is 19.6. The average molecular weight is 381 g/mol. The molecule has 0 spiro atoms. The number of nitrogens with one attached hydrogen (secondary N) is 1. The maximum Gasteiger partial charge on any atom is 0.194 e. The van der Waals surface area contributed by atoms with Crippen LogP contribution in [-0.4, -0.2) is 55.3 Å². The number of fused-ring (bicyclic) bond motifs is 1. The Balaban J connectivity index is 1.66. The molecule has 1 N–H and O–H groups in total. The summed E-state index contributed by atoms with van der Waals surface area (Å²) in [6, 6.07) is 0.405. The van der Waals surface area contributed by atoms with Crippen molar-refractivity contribution in [2.45, 2.75) is 58.9 Å². The van der Waals surface area contributed by atoms with Gasteiger partial charge in [0.1, 0.15) is 11.1 Å². The summed E-state index contributed by atoms with van der Waals surface area (Å²) in [6.07, 6.45) is 1.56. The summed E-state index contributed by atoms with van der Waals surface area (Å²) in [4.78, 5) is 11.6. The fraction of sp³-hybridized carbons (Fsp3) is 0.789. The van der Waals surface area contributed by atoms with Crippen LogP contribution in [0.4, 0.5) is 0 Å². The lowest BCUT2D eigenvalue weighted by Gasteiger charge is -2.55. The zero-order valence-electron chi connectivity index (χ0n) is 16.8. The fourth-order valence-corrected chi connectivity index (χ4v) is 5.03. The van der Waals surface area contributed by atoms with Crippen molar-refractivity contribution in [3.8, 4) is 0 Å². The van der Waals surface area contributed by atoms with Crippen LogP contribution in [0.2, 0.25) is 0 Å². The number of guanidine groups is 1. The van der Waals surface area contributed by atoms with Crippen LogP contribution in [0.1, 0.15) is 50.9 Å². The van der Waals surface area contributed by atoms with Gasteiger partial charge in [0, 0.05) is 50.1 Å². The second kappa shape index (κ2) is 7.82. The van der Waals surface area contributed by atoms with Crippen molar-refractivity contribution >= 4 is 17.3 Å². The third-order valence-corrected chi connectivity index (χ3v) is 6.78. The molecule has 4 unspecified atom stereocenters. The number of hydrogen-bond acceptors (Lipinski definition) is 5. The Kier molecular flexibility index (Phi) is 5.89. The molecule has 26 heavy (non-hydrogen) atoms. The lowest BCUT2D eigenvalue weighted by atomic mass is 9.57. The Labute approximate surface area is 161 Å². The highest BCUT2D eigenvalue weighted by atomic mass is 32.1. The Morgan fingerprint density at radius 2 is 2.35 bits per heavy atom. The van der Waals surface area contributed by atoms with Crippen LogP contribution in [0.25, 0.3) is 0 Å². The Hall–Kier alpha value is -1.18. The highest BCUT2D eigenvalue weighted by molar-refractivity contribution is 7.09. The lowest BCUT2D eigenvalue weighted by Crippen LogP contribution is -2.67. The second-order valence-corrected chi connectivity index (χ2v) is 8.79. The SMILES string of the molecule is CCN=C(NC1C2CCOC2C1(C)C)N(C)Cc1csc(C(C)OC)n1. The first-order valence-corrected chi connectivity index (χ1v) is 10.4. The van der Waals surface area contributed by atoms with Gasteiger partial charge >= 0.3 is 0 Å². The number of aromatic nitrogens is 1. The van der Waals surface area contributed by atoms with Crippen molar-refractivity contribution in [3.05, 3.63) is 16.1 Å². The van der Waals surface area contributed by atoms with Gasteiger partial charge in [-0.3, -0.25) is 4.99 Å². The van der Waals surface area contributed by atoms with Gasteiger partial charge in [0.05, 0.1) is 18.3 Å². The molecule has 6 nitrogen and oxygen atoms in total. The standard InChI is InChI=1S/C19H32N4O2S/c1-7-20-18(22-15-14-8-9-25-16(14)19(15,3)4)23(5)10-13-11-26-17(21-13)12(2)24-6/h11-12,14-16H,7-10H2,1-6H3,(H,20,22). The van der Waals surface area contributed by atoms with Crippen molar-refractivity contribution in [2.75, 3.05) is 27.3 Å². The van der Waals surface area contributed by atoms with Gasteiger partial charge in [-0.05, 0) is 20.3 Å². The Bertz CT molecular complexity index is 645. The highest BCUT2D eigenvalue weighted by Gasteiger charge is 2.59. The lowest BCUT2D eigenvalue weighted by molar-refractivity contribution is -0.107. The van der Waals surface area contributed by atoms with Crippen LogP contribution >= 0.6 is 11.3 Å². The predicted octanol–water partition coefficient (Wildman–Crippen LogP) is 3.06. The van der Waals surface area contributed by atoms with Crippen LogP contribution < -0.4 is 5.32 Å². The van der Waals surface area contributed by atoms with Gasteiger partial charge in [0.2, 0.25) is 0 Å². The van der Waals surface area contributed by atoms with E-state index in [1.807, 2.05) is 6.92 Å². The Morgan fingerprint density at radius 1 is 1.58 bits per heavy atom. The van der Waals surface area contributed by atoms with Gasteiger partial charge in [-0.15, -0.1) is 11.3 Å². The molecule has 2 fully saturated rings. The molecule has 0 bridgehead atoms. The van der Waals surface area contributed by atoms with Gasteiger partial charge in [0.25, 0.3) is 0 Å². The number of aliphatic imine (C=N–C) groups is 1. The highest BCUT2D eigenvalue weighted by Crippen LogP contribution is 2.52. The van der Waals surface area contributed by atoms with Crippen molar-refractivity contribution in [1.29, 1.82) is 0 Å². The normalized spacial score (nSPS) is 28.4. The van der Waals surface area contributed by atoms with E-state index in [0.29, 0.717) is 18.1 Å². The molecule has 2 heterocycles. The largest absolute Gasteiger partial charge is 0.377 e. The molecule has 0 aromatic carbocycles. The van der Waals surface area contributed by atoms with E-state index in [-0.39, 0.29) is 11.5 Å². The minimum atomic E-state index is 0.0380. The van der Waals surface area contributed by atoms with E-state index in [2.05, 4.69) is 43.4 Å². The van der Waals surface area contributed by atoms with Gasteiger partial charge in [0.15, 0.2) is 5.96 Å². The molecule has 2 aliphatic rings. The van der Waals surface area contributed by atoms with Gasteiger partial charge in [-0.1, -0.05) is 13.8 Å². The third-order valence-electron chi connectivity index (χ3n) is 5.72. The summed E-state index contributed by atoms with van der Waals surface area (Å²) in [5, 5.41) is 6.85. The maximum atomic E-state index is 5.92. The van der Waals surface area contributed by atoms with Crippen molar-refractivity contribution in [2.24, 2.45) is 16.3 Å². The minimum Gasteiger partial charge on any atom is -0.377 e. The molecular formula is C19H32N4O2S.